The van der Waals surface area contributed by atoms with Crippen LogP contribution < -0.4 is 5.43 Å². The molecule has 0 aromatic heterocycles. The first kappa shape index (κ1) is 8.33. The zero-order valence-corrected chi connectivity index (χ0v) is 6.51. The summed E-state index contributed by atoms with van der Waals surface area (Å²) in [5.74, 6) is 0. The molecule has 0 unspecified atom stereocenters. The summed E-state index contributed by atoms with van der Waals surface area (Å²) in [6, 6.07) is 0. The Balaban J connectivity index is 2.13. The van der Waals surface area contributed by atoms with E-state index in [0.717, 1.165) is 25.9 Å². The minimum atomic E-state index is -0.401. The number of amides is 1. The van der Waals surface area contributed by atoms with Crippen molar-refractivity contribution in [3.63, 3.8) is 0 Å². The van der Waals surface area contributed by atoms with E-state index in [0.29, 0.717) is 0 Å². The lowest BCUT2D eigenvalue weighted by atomic mass is 10.4. The third-order valence-electron chi connectivity index (χ3n) is 1.59. The molecule has 4 nitrogen and oxygen atoms in total. The van der Waals surface area contributed by atoms with E-state index in [1.165, 1.54) is 0 Å². The summed E-state index contributed by atoms with van der Waals surface area (Å²) in [5.41, 5.74) is 2.61. The van der Waals surface area contributed by atoms with Gasteiger partial charge in [0, 0.05) is 13.1 Å². The van der Waals surface area contributed by atoms with Crippen LogP contribution >= 0.6 is 0 Å². The average molecular weight is 157 g/mol. The Labute approximate surface area is 66.5 Å². The largest absolute Gasteiger partial charge is 0.449 e. The van der Waals surface area contributed by atoms with Gasteiger partial charge in [-0.05, 0) is 19.8 Å². The molecule has 1 aliphatic heterocycles. The van der Waals surface area contributed by atoms with Crippen LogP contribution in [0.25, 0.3) is 0 Å². The highest BCUT2D eigenvalue weighted by molar-refractivity contribution is 5.66. The molecule has 1 rings (SSSR count). The van der Waals surface area contributed by atoms with Gasteiger partial charge in [-0.2, -0.15) is 0 Å². The Hall–Kier alpha value is -0.770. The second-order valence-corrected chi connectivity index (χ2v) is 2.44. The monoisotopic (exact) mass is 157 g/mol. The van der Waals surface area contributed by atoms with Crippen molar-refractivity contribution in [1.82, 2.24) is 10.4 Å². The Morgan fingerprint density at radius 3 is 2.73 bits per heavy atom. The van der Waals surface area contributed by atoms with Crippen LogP contribution in [-0.2, 0) is 4.74 Å². The molecule has 1 N–H and O–H groups in total. The van der Waals surface area contributed by atoms with E-state index in [1.54, 1.807) is 0 Å². The summed E-state index contributed by atoms with van der Waals surface area (Å²) < 4.78 is 4.60. The van der Waals surface area contributed by atoms with Gasteiger partial charge in [-0.15, -0.1) is 0 Å². The van der Waals surface area contributed by atoms with E-state index in [-0.39, 0.29) is 6.61 Å². The van der Waals surface area contributed by atoms with E-state index in [9.17, 15) is 4.79 Å². The van der Waals surface area contributed by atoms with Crippen LogP contribution in [0.15, 0.2) is 0 Å². The number of carbonyl (C=O) groups is 1. The smallest absolute Gasteiger partial charge is 0.421 e. The minimum Gasteiger partial charge on any atom is -0.449 e. The van der Waals surface area contributed by atoms with Crippen LogP contribution in [-0.4, -0.2) is 30.8 Å². The maximum Gasteiger partial charge on any atom is 0.421 e. The third-order valence-corrected chi connectivity index (χ3v) is 1.59. The van der Waals surface area contributed by atoms with Gasteiger partial charge in [0.05, 0.1) is 6.61 Å². The third kappa shape index (κ3) is 2.76. The Morgan fingerprint density at radius 1 is 1.55 bits per heavy atom. The normalized spacial score (nSPS) is 18.3. The van der Waals surface area contributed by atoms with Crippen LogP contribution in [0.4, 0.5) is 4.79 Å². The van der Waals surface area contributed by atoms with Crippen molar-refractivity contribution in [2.24, 2.45) is 0 Å². The number of hydrogen-bond acceptors (Lipinski definition) is 3. The van der Waals surface area contributed by atoms with Gasteiger partial charge in [-0.3, -0.25) is 5.43 Å². The fraction of sp³-hybridized carbons (Fsp3) is 0.714. The van der Waals surface area contributed by atoms with Gasteiger partial charge in [-0.1, -0.05) is 0 Å². The molecular weight excluding hydrogens is 144 g/mol. The van der Waals surface area contributed by atoms with E-state index in [2.05, 4.69) is 17.1 Å². The zero-order valence-electron chi connectivity index (χ0n) is 6.51. The Kier molecular flexibility index (Phi) is 3.16. The predicted octanol–water partition coefficient (Wildman–Crippen LogP) is 0.557. The standard InChI is InChI=1S/C7H13N2O2/c1-2-11-7(10)8-9-5-3-4-6-9/h1-6H2,(H,8,10). The predicted molar refractivity (Wildman–Crippen MR) is 40.6 cm³/mol. The van der Waals surface area contributed by atoms with Crippen LogP contribution in [0, 0.1) is 6.92 Å². The van der Waals surface area contributed by atoms with Crippen LogP contribution in [0.1, 0.15) is 12.8 Å². The van der Waals surface area contributed by atoms with Gasteiger partial charge in [0.15, 0.2) is 0 Å². The van der Waals surface area contributed by atoms with Crippen LogP contribution in [0.2, 0.25) is 0 Å². The lowest BCUT2D eigenvalue weighted by Crippen LogP contribution is -2.40. The molecule has 1 heterocycles. The van der Waals surface area contributed by atoms with E-state index in [1.807, 2.05) is 5.01 Å². The van der Waals surface area contributed by atoms with Crippen molar-refractivity contribution < 1.29 is 9.53 Å². The van der Waals surface area contributed by atoms with Crippen molar-refractivity contribution in [2.45, 2.75) is 12.8 Å². The van der Waals surface area contributed by atoms with Crippen LogP contribution in [0.5, 0.6) is 0 Å². The van der Waals surface area contributed by atoms with Gasteiger partial charge in [-0.25, -0.2) is 9.80 Å². The molecule has 1 saturated heterocycles. The maximum atomic E-state index is 10.8. The second kappa shape index (κ2) is 4.18. The summed E-state index contributed by atoms with van der Waals surface area (Å²) in [6.45, 7) is 5.42. The molecule has 1 fully saturated rings. The molecule has 4 heteroatoms. The molecule has 1 aliphatic rings. The number of nitrogens with zero attached hydrogens (tertiary/aromatic N) is 1. The van der Waals surface area contributed by atoms with Crippen molar-refractivity contribution >= 4 is 6.09 Å². The molecule has 0 spiro atoms. The summed E-state index contributed by atoms with van der Waals surface area (Å²) in [4.78, 5) is 10.8. The van der Waals surface area contributed by atoms with Crippen molar-refractivity contribution in [2.75, 3.05) is 19.7 Å². The van der Waals surface area contributed by atoms with E-state index < -0.39 is 6.09 Å². The fourth-order valence-electron chi connectivity index (χ4n) is 1.08. The fourth-order valence-corrected chi connectivity index (χ4v) is 1.08. The number of nitrogens with one attached hydrogen (secondary N) is 1. The molecule has 63 valence electrons. The van der Waals surface area contributed by atoms with E-state index in [4.69, 9.17) is 0 Å². The number of ether oxygens (including phenoxy) is 1. The summed E-state index contributed by atoms with van der Waals surface area (Å²) in [5, 5.41) is 1.86. The molecular formula is C7H13N2O2. The van der Waals surface area contributed by atoms with E-state index >= 15 is 0 Å². The van der Waals surface area contributed by atoms with Crippen molar-refractivity contribution in [3.05, 3.63) is 6.92 Å². The average Bonchev–Trinajstić information content (AvgIpc) is 2.40. The lowest BCUT2D eigenvalue weighted by Gasteiger charge is -2.14. The first-order valence-electron chi connectivity index (χ1n) is 3.80. The molecule has 0 aliphatic carbocycles. The van der Waals surface area contributed by atoms with Gasteiger partial charge in [0.25, 0.3) is 0 Å². The summed E-state index contributed by atoms with van der Waals surface area (Å²) in [7, 11) is 0. The molecule has 0 saturated carbocycles. The molecule has 1 radical (unpaired) electrons. The number of rotatable bonds is 2. The highest BCUT2D eigenvalue weighted by atomic mass is 16.6. The first-order chi connectivity index (χ1) is 5.33. The summed E-state index contributed by atoms with van der Waals surface area (Å²) in [6.07, 6.45) is 1.89. The molecule has 11 heavy (non-hydrogen) atoms. The highest BCUT2D eigenvalue weighted by Gasteiger charge is 2.13. The zero-order chi connectivity index (χ0) is 8.10. The maximum absolute atomic E-state index is 10.8. The summed E-state index contributed by atoms with van der Waals surface area (Å²) >= 11 is 0. The van der Waals surface area contributed by atoms with Gasteiger partial charge in [0.2, 0.25) is 0 Å². The SMILES string of the molecule is [CH2]COC(=O)NN1CCCC1. The number of carbonyl (C=O) groups excluding carboxylic acids is 1. The number of hydrazine groups is 1. The van der Waals surface area contributed by atoms with Gasteiger partial charge >= 0.3 is 6.09 Å². The molecule has 1 amide bonds. The minimum absolute atomic E-state index is 0.180. The van der Waals surface area contributed by atoms with Crippen molar-refractivity contribution in [3.8, 4) is 0 Å². The first-order valence-corrected chi connectivity index (χ1v) is 3.80. The van der Waals surface area contributed by atoms with Gasteiger partial charge < -0.3 is 4.74 Å². The second-order valence-electron chi connectivity index (χ2n) is 2.44. The van der Waals surface area contributed by atoms with Crippen LogP contribution in [0.3, 0.4) is 0 Å². The Bertz CT molecular complexity index is 132. The quantitative estimate of drug-likeness (QED) is 0.636. The molecule has 0 aromatic rings. The topological polar surface area (TPSA) is 41.6 Å². The molecule has 0 bridgehead atoms. The highest BCUT2D eigenvalue weighted by Crippen LogP contribution is 2.03. The Morgan fingerprint density at radius 2 is 2.18 bits per heavy atom. The number of hydrogen-bond donors (Lipinski definition) is 1. The van der Waals surface area contributed by atoms with Crippen molar-refractivity contribution in [1.29, 1.82) is 0 Å². The lowest BCUT2D eigenvalue weighted by molar-refractivity contribution is 0.123. The molecule has 0 aromatic carbocycles. The van der Waals surface area contributed by atoms with Gasteiger partial charge in [0.1, 0.15) is 0 Å². The molecule has 0 atom stereocenters.